The number of carbonyl (C=O) groups excluding carboxylic acids is 3. The van der Waals surface area contributed by atoms with E-state index in [1.807, 2.05) is 73.7 Å². The summed E-state index contributed by atoms with van der Waals surface area (Å²) in [5.41, 5.74) is 1.49. The first-order valence-corrected chi connectivity index (χ1v) is 16.6. The molecule has 6 aromatic rings. The van der Waals surface area contributed by atoms with Crippen LogP contribution in [0.25, 0.3) is 5.52 Å². The number of pyridine rings is 1. The van der Waals surface area contributed by atoms with Crippen LogP contribution in [0.1, 0.15) is 42.3 Å². The molecule has 0 bridgehead atoms. The van der Waals surface area contributed by atoms with Gasteiger partial charge in [-0.25, -0.2) is 9.59 Å². The molecule has 0 aliphatic heterocycles. The quantitative estimate of drug-likeness (QED) is 0.111. The first kappa shape index (κ1) is 29.5. The number of benzene rings is 4. The van der Waals surface area contributed by atoms with Gasteiger partial charge >= 0.3 is 11.9 Å². The normalized spacial score (nSPS) is 11.3. The first-order chi connectivity index (χ1) is 21.9. The van der Waals surface area contributed by atoms with Gasteiger partial charge in [0, 0.05) is 11.8 Å². The van der Waals surface area contributed by atoms with Crippen LogP contribution in [-0.4, -0.2) is 44.4 Å². The van der Waals surface area contributed by atoms with Gasteiger partial charge in [-0.1, -0.05) is 121 Å². The third-order valence-corrected chi connectivity index (χ3v) is 13.4. The zero-order valence-corrected chi connectivity index (χ0v) is 26.2. The number of nitrogens with zero attached hydrogens (tertiary/aromatic N) is 1. The minimum Gasteiger partial charge on any atom is -0.465 e. The molecule has 0 radical (unpaired) electrons. The molecule has 7 heteroatoms. The molecule has 0 N–H and O–H groups in total. The van der Waals surface area contributed by atoms with Gasteiger partial charge in [-0.2, -0.15) is 0 Å². The van der Waals surface area contributed by atoms with Crippen molar-refractivity contribution in [3.63, 3.8) is 0 Å². The topological polar surface area (TPSA) is 74.1 Å². The predicted molar refractivity (Wildman–Crippen MR) is 178 cm³/mol. The van der Waals surface area contributed by atoms with Gasteiger partial charge < -0.3 is 13.9 Å². The van der Waals surface area contributed by atoms with E-state index < -0.39 is 25.8 Å². The summed E-state index contributed by atoms with van der Waals surface area (Å²) in [5, 5.41) is 4.45. The molecule has 6 rings (SSSR count). The minimum absolute atomic E-state index is 0.0000613. The molecular formula is C38H31NO5Si. The Kier molecular flexibility index (Phi) is 8.02. The maximum atomic E-state index is 14.1. The van der Waals surface area contributed by atoms with E-state index in [1.54, 1.807) is 34.9 Å². The Labute approximate surface area is 262 Å². The van der Waals surface area contributed by atoms with Gasteiger partial charge in [0.15, 0.2) is 8.07 Å². The number of ketones is 1. The van der Waals surface area contributed by atoms with Crippen LogP contribution in [0.4, 0.5) is 0 Å². The van der Waals surface area contributed by atoms with Crippen LogP contribution in [0, 0.1) is 6.92 Å². The minimum atomic E-state index is -3.03. The summed E-state index contributed by atoms with van der Waals surface area (Å²) >= 11 is 0. The van der Waals surface area contributed by atoms with Crippen molar-refractivity contribution in [3.05, 3.63) is 162 Å². The van der Waals surface area contributed by atoms with Crippen molar-refractivity contribution in [2.45, 2.75) is 6.92 Å². The van der Waals surface area contributed by atoms with Crippen LogP contribution in [0.5, 0.6) is 0 Å². The van der Waals surface area contributed by atoms with Crippen LogP contribution >= 0.6 is 0 Å². The first-order valence-electron chi connectivity index (χ1n) is 14.6. The zero-order chi connectivity index (χ0) is 31.6. The highest BCUT2D eigenvalue weighted by Crippen LogP contribution is 2.30. The largest absolute Gasteiger partial charge is 0.465 e. The van der Waals surface area contributed by atoms with E-state index in [0.717, 1.165) is 26.3 Å². The maximum Gasteiger partial charge on any atom is 0.341 e. The highest BCUT2D eigenvalue weighted by atomic mass is 28.3. The van der Waals surface area contributed by atoms with Crippen LogP contribution in [0.2, 0.25) is 0 Å². The monoisotopic (exact) mass is 609 g/mol. The van der Waals surface area contributed by atoms with E-state index in [4.69, 9.17) is 9.47 Å². The zero-order valence-electron chi connectivity index (χ0n) is 25.2. The summed E-state index contributed by atoms with van der Waals surface area (Å²) in [6, 6.07) is 41.9. The molecular weight excluding hydrogens is 579 g/mol. The number of ether oxygens (including phenoxy) is 2. The number of carbonyl (C=O) groups is 3. The lowest BCUT2D eigenvalue weighted by Gasteiger charge is -2.35. The molecule has 0 saturated carbocycles. The average Bonchev–Trinajstić information content (AvgIpc) is 3.46. The molecule has 0 atom stereocenters. The molecule has 0 unspecified atom stereocenters. The van der Waals surface area contributed by atoms with Crippen molar-refractivity contribution in [1.82, 2.24) is 4.40 Å². The third-order valence-electron chi connectivity index (χ3n) is 8.41. The van der Waals surface area contributed by atoms with E-state index in [1.165, 1.54) is 14.2 Å². The summed E-state index contributed by atoms with van der Waals surface area (Å²) in [5.74, 6) is -1.94. The van der Waals surface area contributed by atoms with Crippen LogP contribution in [0.3, 0.4) is 0 Å². The van der Waals surface area contributed by atoms with E-state index in [-0.39, 0.29) is 16.8 Å². The highest BCUT2D eigenvalue weighted by Gasteiger charge is 2.44. The van der Waals surface area contributed by atoms with Crippen molar-refractivity contribution in [1.29, 1.82) is 0 Å². The fourth-order valence-electron chi connectivity index (χ4n) is 6.50. The van der Waals surface area contributed by atoms with Crippen molar-refractivity contribution in [3.8, 4) is 0 Å². The Morgan fingerprint density at radius 2 is 1.00 bits per heavy atom. The number of hydrogen-bond donors (Lipinski definition) is 0. The molecule has 0 fully saturated rings. The number of hydrogen-bond acceptors (Lipinski definition) is 5. The molecule has 4 aromatic carbocycles. The Morgan fingerprint density at radius 3 is 1.44 bits per heavy atom. The van der Waals surface area contributed by atoms with Crippen molar-refractivity contribution < 1.29 is 23.9 Å². The van der Waals surface area contributed by atoms with Gasteiger partial charge in [0.25, 0.3) is 0 Å². The standard InChI is InChI=1S/C38H31NO5Si/c1-26-31(45(28-18-10-5-11-19-28,29-20-12-6-13-21-29)30-22-14-7-15-23-30)24-25-39-34(26)32(37(41)43-2)33(38(42)44-3)35(39)36(40)27-16-8-4-9-17-27/h4-25H,1-3H3. The Balaban J connectivity index is 1.80. The SMILES string of the molecule is COC(=O)c1c(C(=O)OC)c2c(C)c([Si](c3ccccc3)(c3ccccc3)c3ccccc3)ccn2c1C(=O)c1ccccc1. The van der Waals surface area contributed by atoms with Gasteiger partial charge in [-0.15, -0.1) is 0 Å². The second-order valence-electron chi connectivity index (χ2n) is 10.7. The molecule has 0 saturated heterocycles. The van der Waals surface area contributed by atoms with E-state index in [0.29, 0.717) is 11.1 Å². The lowest BCUT2D eigenvalue weighted by Crippen LogP contribution is -2.75. The summed E-state index contributed by atoms with van der Waals surface area (Å²) in [6.07, 6.45) is 1.79. The smallest absolute Gasteiger partial charge is 0.341 e. The fourth-order valence-corrected chi connectivity index (χ4v) is 11.5. The van der Waals surface area contributed by atoms with Gasteiger partial charge in [-0.05, 0) is 39.3 Å². The Bertz CT molecular complexity index is 1920. The second-order valence-corrected chi connectivity index (χ2v) is 14.5. The van der Waals surface area contributed by atoms with Gasteiger partial charge in [0.05, 0.1) is 19.7 Å². The van der Waals surface area contributed by atoms with Crippen LogP contribution in [0.15, 0.2) is 134 Å². The number of aryl methyl sites for hydroxylation is 1. The van der Waals surface area contributed by atoms with E-state index in [9.17, 15) is 14.4 Å². The van der Waals surface area contributed by atoms with E-state index >= 15 is 0 Å². The van der Waals surface area contributed by atoms with Gasteiger partial charge in [0.1, 0.15) is 16.8 Å². The Hall–Kier alpha value is -5.53. The molecule has 0 spiro atoms. The fraction of sp³-hybridized carbons (Fsp3) is 0.0789. The van der Waals surface area contributed by atoms with Crippen molar-refractivity contribution in [2.75, 3.05) is 14.2 Å². The summed E-state index contributed by atoms with van der Waals surface area (Å²) in [6.45, 7) is 1.95. The third kappa shape index (κ3) is 4.78. The lowest BCUT2D eigenvalue weighted by atomic mass is 10.0. The maximum absolute atomic E-state index is 14.1. The molecule has 2 heterocycles. The number of rotatable bonds is 8. The molecule has 6 nitrogen and oxygen atoms in total. The number of fused-ring (bicyclic) bond motifs is 1. The van der Waals surface area contributed by atoms with Crippen molar-refractivity contribution in [2.24, 2.45) is 0 Å². The summed E-state index contributed by atoms with van der Waals surface area (Å²) < 4.78 is 12.1. The van der Waals surface area contributed by atoms with Gasteiger partial charge in [0.2, 0.25) is 5.78 Å². The highest BCUT2D eigenvalue weighted by molar-refractivity contribution is 7.20. The molecule has 2 aromatic heterocycles. The van der Waals surface area contributed by atoms with Crippen LogP contribution in [-0.2, 0) is 9.47 Å². The molecule has 0 amide bonds. The molecule has 0 aliphatic rings. The Morgan fingerprint density at radius 1 is 0.578 bits per heavy atom. The lowest BCUT2D eigenvalue weighted by molar-refractivity contribution is 0.0556. The molecule has 222 valence electrons. The second kappa shape index (κ2) is 12.2. The summed E-state index contributed by atoms with van der Waals surface area (Å²) in [7, 11) is -0.530. The van der Waals surface area contributed by atoms with E-state index in [2.05, 4.69) is 36.4 Å². The number of aromatic nitrogens is 1. The average molecular weight is 610 g/mol. The number of esters is 2. The predicted octanol–water partition coefficient (Wildman–Crippen LogP) is 4.43. The number of methoxy groups -OCH3 is 2. The summed E-state index contributed by atoms with van der Waals surface area (Å²) in [4.78, 5) is 41.2. The van der Waals surface area contributed by atoms with Gasteiger partial charge in [-0.3, -0.25) is 4.79 Å². The van der Waals surface area contributed by atoms with Crippen LogP contribution < -0.4 is 20.7 Å². The molecule has 0 aliphatic carbocycles. The molecule has 45 heavy (non-hydrogen) atoms. The van der Waals surface area contributed by atoms with Crippen molar-refractivity contribution >= 4 is 52.1 Å².